The Morgan fingerprint density at radius 1 is 0.614 bits per heavy atom. The minimum Gasteiger partial charge on any atom is -0.462 e. The van der Waals surface area contributed by atoms with E-state index in [0.29, 0.717) is 6.42 Å². The Morgan fingerprint density at radius 3 is 1.55 bits per heavy atom. The van der Waals surface area contributed by atoms with Crippen LogP contribution in [-0.4, -0.2) is 89.0 Å². The van der Waals surface area contributed by atoms with Crippen LogP contribution in [0.25, 0.3) is 0 Å². The number of esters is 2. The first kappa shape index (κ1) is 40.7. The van der Waals surface area contributed by atoms with Crippen LogP contribution >= 0.6 is 0 Å². The number of carbonyl (C=O) groups excluding carboxylic acids is 2. The molecule has 0 spiro atoms. The van der Waals surface area contributed by atoms with Crippen LogP contribution in [0.5, 0.6) is 0 Å². The van der Waals surface area contributed by atoms with Gasteiger partial charge in [-0.3, -0.25) is 9.59 Å². The predicted octanol–water partition coefficient (Wildman–Crippen LogP) is 5.49. The molecule has 1 rings (SSSR count). The summed E-state index contributed by atoms with van der Waals surface area (Å²) in [6.45, 7) is 3.35. The first-order chi connectivity index (χ1) is 21.3. The van der Waals surface area contributed by atoms with Gasteiger partial charge in [0.25, 0.3) is 0 Å². The van der Waals surface area contributed by atoms with Crippen molar-refractivity contribution in [3.05, 3.63) is 0 Å². The van der Waals surface area contributed by atoms with E-state index in [4.69, 9.17) is 18.9 Å². The summed E-state index contributed by atoms with van der Waals surface area (Å²) in [5, 5.41) is 39.7. The lowest BCUT2D eigenvalue weighted by Crippen LogP contribution is -2.59. The Morgan fingerprint density at radius 2 is 1.07 bits per heavy atom. The number of unbranched alkanes of at least 4 members (excludes halogenated alkanes) is 17. The number of aliphatic hydroxyl groups is 4. The number of hydrogen-bond donors (Lipinski definition) is 4. The number of ether oxygens (including phenoxy) is 4. The van der Waals surface area contributed by atoms with Crippen molar-refractivity contribution in [1.29, 1.82) is 0 Å². The van der Waals surface area contributed by atoms with Crippen LogP contribution in [0.15, 0.2) is 0 Å². The molecule has 0 aromatic heterocycles. The molecule has 6 atom stereocenters. The van der Waals surface area contributed by atoms with Crippen LogP contribution in [-0.2, 0) is 28.5 Å². The highest BCUT2D eigenvalue weighted by Gasteiger charge is 2.44. The van der Waals surface area contributed by atoms with Crippen LogP contribution in [0.4, 0.5) is 0 Å². The lowest BCUT2D eigenvalue weighted by atomic mass is 9.99. The van der Waals surface area contributed by atoms with E-state index in [1.54, 1.807) is 0 Å². The van der Waals surface area contributed by atoms with Crippen molar-refractivity contribution >= 4 is 11.9 Å². The zero-order valence-corrected chi connectivity index (χ0v) is 27.7. The second-order valence-electron chi connectivity index (χ2n) is 12.3. The van der Waals surface area contributed by atoms with Gasteiger partial charge in [0, 0.05) is 12.8 Å². The number of rotatable bonds is 28. The van der Waals surface area contributed by atoms with Crippen molar-refractivity contribution in [2.45, 2.75) is 185 Å². The minimum absolute atomic E-state index is 0.211. The fourth-order valence-electron chi connectivity index (χ4n) is 5.36. The molecule has 1 heterocycles. The smallest absolute Gasteiger partial charge is 0.306 e. The molecule has 1 aliphatic heterocycles. The van der Waals surface area contributed by atoms with Crippen molar-refractivity contribution < 1.29 is 49.0 Å². The van der Waals surface area contributed by atoms with Crippen LogP contribution < -0.4 is 0 Å². The zero-order valence-electron chi connectivity index (χ0n) is 27.7. The van der Waals surface area contributed by atoms with Crippen molar-refractivity contribution in [3.8, 4) is 0 Å². The maximum absolute atomic E-state index is 12.6. The molecule has 1 fully saturated rings. The Bertz CT molecular complexity index is 704. The van der Waals surface area contributed by atoms with Gasteiger partial charge in [-0.1, -0.05) is 123 Å². The van der Waals surface area contributed by atoms with Gasteiger partial charge in [0.05, 0.1) is 13.2 Å². The molecule has 0 aliphatic carbocycles. The van der Waals surface area contributed by atoms with Crippen LogP contribution in [0.3, 0.4) is 0 Å². The van der Waals surface area contributed by atoms with E-state index >= 15 is 0 Å². The first-order valence-electron chi connectivity index (χ1n) is 17.6. The average Bonchev–Trinajstić information content (AvgIpc) is 3.02. The van der Waals surface area contributed by atoms with Crippen LogP contribution in [0.1, 0.15) is 149 Å². The molecule has 0 unspecified atom stereocenters. The summed E-state index contributed by atoms with van der Waals surface area (Å²) in [6, 6.07) is 0. The van der Waals surface area contributed by atoms with E-state index < -0.39 is 49.4 Å². The van der Waals surface area contributed by atoms with E-state index in [1.807, 2.05) is 0 Å². The van der Waals surface area contributed by atoms with E-state index in [9.17, 15) is 30.0 Å². The molecule has 0 aromatic carbocycles. The molecule has 44 heavy (non-hydrogen) atoms. The van der Waals surface area contributed by atoms with Gasteiger partial charge in [0.15, 0.2) is 12.4 Å². The standard InChI is InChI=1S/C34H64O10/c1-3-5-7-9-11-12-13-14-15-17-19-21-23-30(37)43-27(25-41-29(36)22-20-18-16-10-8-6-4-2)26-42-34-33(40)32(39)31(38)28(24-35)44-34/h27-28,31-35,38-40H,3-26H2,1-2H3/t27-,28-,31+,32+,33-,34-/m1/s1. The summed E-state index contributed by atoms with van der Waals surface area (Å²) in [6.07, 6.45) is 14.2. The summed E-state index contributed by atoms with van der Waals surface area (Å²) < 4.78 is 21.9. The molecular weight excluding hydrogens is 568 g/mol. The molecule has 0 aromatic rings. The molecule has 260 valence electrons. The SMILES string of the molecule is CCCCCCCCCCCCCCC(=O)O[C@H](COC(=O)CCCCCCCCC)CO[C@@H]1O[C@H](CO)[C@H](O)[C@H](O)[C@H]1O. The third-order valence-corrected chi connectivity index (χ3v) is 8.24. The molecule has 0 saturated carbocycles. The summed E-state index contributed by atoms with van der Waals surface area (Å²) in [7, 11) is 0. The molecule has 10 nitrogen and oxygen atoms in total. The van der Waals surface area contributed by atoms with Crippen LogP contribution in [0.2, 0.25) is 0 Å². The highest BCUT2D eigenvalue weighted by Crippen LogP contribution is 2.22. The number of aliphatic hydroxyl groups excluding tert-OH is 4. The lowest BCUT2D eigenvalue weighted by molar-refractivity contribution is -0.305. The summed E-state index contributed by atoms with van der Waals surface area (Å²) in [5.74, 6) is -0.809. The second-order valence-corrected chi connectivity index (χ2v) is 12.3. The normalized spacial score (nSPS) is 22.5. The third kappa shape index (κ3) is 19.3. The first-order valence-corrected chi connectivity index (χ1v) is 17.6. The highest BCUT2D eigenvalue weighted by molar-refractivity contribution is 5.70. The molecule has 4 N–H and O–H groups in total. The molecule has 0 amide bonds. The van der Waals surface area contributed by atoms with Gasteiger partial charge in [-0.2, -0.15) is 0 Å². The maximum atomic E-state index is 12.6. The van der Waals surface area contributed by atoms with E-state index in [1.165, 1.54) is 70.6 Å². The minimum atomic E-state index is -1.59. The molecule has 1 aliphatic rings. The molecule has 0 radical (unpaired) electrons. The Labute approximate surface area is 266 Å². The Balaban J connectivity index is 2.43. The van der Waals surface area contributed by atoms with Gasteiger partial charge in [-0.15, -0.1) is 0 Å². The van der Waals surface area contributed by atoms with Gasteiger partial charge in [0.1, 0.15) is 31.0 Å². The zero-order chi connectivity index (χ0) is 32.4. The van der Waals surface area contributed by atoms with Crippen LogP contribution in [0, 0.1) is 0 Å². The second kappa shape index (κ2) is 26.9. The van der Waals surface area contributed by atoms with Gasteiger partial charge < -0.3 is 39.4 Å². The number of carbonyl (C=O) groups is 2. The van der Waals surface area contributed by atoms with E-state index in [2.05, 4.69) is 13.8 Å². The van der Waals surface area contributed by atoms with Gasteiger partial charge in [0.2, 0.25) is 0 Å². The Hall–Kier alpha value is -1.30. The average molecular weight is 633 g/mol. The fraction of sp³-hybridized carbons (Fsp3) is 0.941. The van der Waals surface area contributed by atoms with Crippen molar-refractivity contribution in [1.82, 2.24) is 0 Å². The Kier molecular flexibility index (Phi) is 24.9. The van der Waals surface area contributed by atoms with Gasteiger partial charge >= 0.3 is 11.9 Å². The van der Waals surface area contributed by atoms with E-state index in [0.717, 1.165) is 44.9 Å². The monoisotopic (exact) mass is 632 g/mol. The fourth-order valence-corrected chi connectivity index (χ4v) is 5.36. The molecular formula is C34H64O10. The summed E-state index contributed by atoms with van der Waals surface area (Å²) >= 11 is 0. The lowest BCUT2D eigenvalue weighted by Gasteiger charge is -2.39. The van der Waals surface area contributed by atoms with Gasteiger partial charge in [-0.25, -0.2) is 0 Å². The molecule has 0 bridgehead atoms. The van der Waals surface area contributed by atoms with Crippen molar-refractivity contribution in [2.24, 2.45) is 0 Å². The van der Waals surface area contributed by atoms with Crippen molar-refractivity contribution in [3.63, 3.8) is 0 Å². The van der Waals surface area contributed by atoms with E-state index in [-0.39, 0.29) is 32.0 Å². The quantitative estimate of drug-likeness (QED) is 0.0644. The summed E-state index contributed by atoms with van der Waals surface area (Å²) in [5.41, 5.74) is 0. The molecule has 1 saturated heterocycles. The summed E-state index contributed by atoms with van der Waals surface area (Å²) in [4.78, 5) is 24.9. The number of hydrogen-bond acceptors (Lipinski definition) is 10. The topological polar surface area (TPSA) is 152 Å². The van der Waals surface area contributed by atoms with Crippen molar-refractivity contribution in [2.75, 3.05) is 19.8 Å². The highest BCUT2D eigenvalue weighted by atomic mass is 16.7. The molecule has 10 heteroatoms. The third-order valence-electron chi connectivity index (χ3n) is 8.24. The largest absolute Gasteiger partial charge is 0.462 e. The maximum Gasteiger partial charge on any atom is 0.306 e. The predicted molar refractivity (Wildman–Crippen MR) is 169 cm³/mol. The van der Waals surface area contributed by atoms with Gasteiger partial charge in [-0.05, 0) is 12.8 Å².